The zero-order valence-corrected chi connectivity index (χ0v) is 45.0. The number of esters is 2. The number of rotatable bonds is 44. The van der Waals surface area contributed by atoms with E-state index in [0.29, 0.717) is 12.8 Å². The second-order valence-corrected chi connectivity index (χ2v) is 21.4. The quantitative estimate of drug-likeness (QED) is 0.0176. The third-order valence-corrected chi connectivity index (χ3v) is 14.5. The van der Waals surface area contributed by atoms with Gasteiger partial charge in [0.25, 0.3) is 0 Å². The molecule has 0 radical (unpaired) electrons. The largest absolute Gasteiger partial charge is 0.481 e. The third-order valence-electron chi connectivity index (χ3n) is 11.9. The van der Waals surface area contributed by atoms with Gasteiger partial charge in [-0.3, -0.25) is 23.2 Å². The summed E-state index contributed by atoms with van der Waals surface area (Å²) in [5, 5.41) is 20.9. The first-order chi connectivity index (χ1) is 34.7. The number of hydrogen-bond donors (Lipinski definition) is 5. The van der Waals surface area contributed by atoms with Gasteiger partial charge in [0.05, 0.1) is 13.2 Å². The summed E-state index contributed by atoms with van der Waals surface area (Å²) in [4.78, 5) is 62.0. The summed E-state index contributed by atoms with van der Waals surface area (Å²) in [5.41, 5.74) is 4.59. The minimum absolute atomic E-state index is 0.0340. The molecule has 1 aliphatic heterocycles. The van der Waals surface area contributed by atoms with Crippen LogP contribution in [0.15, 0.2) is 65.7 Å². The van der Waals surface area contributed by atoms with Gasteiger partial charge in [0, 0.05) is 19.0 Å². The highest BCUT2D eigenvalue weighted by Gasteiger charge is 2.46. The van der Waals surface area contributed by atoms with Crippen molar-refractivity contribution in [1.82, 2.24) is 9.55 Å². The van der Waals surface area contributed by atoms with Crippen LogP contribution in [0, 0.1) is 0 Å². The summed E-state index contributed by atoms with van der Waals surface area (Å²) in [5.74, 6) is -1.31. The number of allylic oxidation sites excluding steroid dienone is 8. The highest BCUT2D eigenvalue weighted by Crippen LogP contribution is 2.60. The maximum atomic E-state index is 12.9. The van der Waals surface area contributed by atoms with E-state index in [1.54, 1.807) is 0 Å². The molecular weight excluding hydrogens is 969 g/mol. The van der Waals surface area contributed by atoms with Crippen molar-refractivity contribution in [3.63, 3.8) is 0 Å². The monoisotopic (exact) mass is 1060 g/mol. The molecule has 2 heterocycles. The van der Waals surface area contributed by atoms with Gasteiger partial charge in [-0.25, -0.2) is 13.9 Å². The predicted molar refractivity (Wildman–Crippen MR) is 279 cm³/mol. The fourth-order valence-corrected chi connectivity index (χ4v) is 9.84. The van der Waals surface area contributed by atoms with Crippen LogP contribution in [0.2, 0.25) is 0 Å². The number of carbonyl (C=O) groups is 2. The number of anilines is 1. The Labute approximate surface area is 429 Å². The van der Waals surface area contributed by atoms with E-state index in [2.05, 4.69) is 71.8 Å². The smallest absolute Gasteiger partial charge is 0.462 e. The van der Waals surface area contributed by atoms with Gasteiger partial charge in [-0.1, -0.05) is 152 Å². The van der Waals surface area contributed by atoms with Crippen LogP contribution in [-0.4, -0.2) is 85.7 Å². The predicted octanol–water partition coefficient (Wildman–Crippen LogP) is 11.3. The number of aliphatic hydroxyl groups excluding tert-OH is 2. The van der Waals surface area contributed by atoms with E-state index in [4.69, 9.17) is 29.0 Å². The maximum absolute atomic E-state index is 12.9. The summed E-state index contributed by atoms with van der Waals surface area (Å²) in [6.07, 6.45) is 38.9. The van der Waals surface area contributed by atoms with E-state index in [-0.39, 0.29) is 18.7 Å². The second kappa shape index (κ2) is 40.1. The molecule has 18 nitrogen and oxygen atoms in total. The van der Waals surface area contributed by atoms with Crippen molar-refractivity contribution < 1.29 is 66.3 Å². The molecule has 6 N–H and O–H groups in total. The minimum atomic E-state index is -5.43. The van der Waals surface area contributed by atoms with Gasteiger partial charge in [-0.15, -0.1) is 0 Å². The van der Waals surface area contributed by atoms with Crippen molar-refractivity contribution in [2.75, 3.05) is 25.6 Å². The maximum Gasteiger partial charge on any atom is 0.481 e. The molecule has 7 atom stereocenters. The molecule has 0 spiro atoms. The third kappa shape index (κ3) is 32.1. The van der Waals surface area contributed by atoms with Crippen molar-refractivity contribution >= 4 is 33.4 Å². The number of nitrogen functional groups attached to an aromatic ring is 1. The number of nitrogens with two attached hydrogens (primary N) is 1. The van der Waals surface area contributed by atoms with E-state index in [9.17, 15) is 43.5 Å². The molecule has 7 unspecified atom stereocenters. The lowest BCUT2D eigenvalue weighted by atomic mass is 10.1. The molecule has 0 bridgehead atoms. The Kier molecular flexibility index (Phi) is 36.1. The molecule has 1 fully saturated rings. The normalized spacial score (nSPS) is 19.4. The average Bonchev–Trinajstić information content (AvgIpc) is 3.62. The number of ether oxygens (including phenoxy) is 3. The SMILES string of the molecule is CCCCCC=CCC=CCC=CCCCCCCCCC(=O)OC(COC(=O)CCCCCCCCCC=CCCCCCC)COP(=O)(O)OP(=O)(O)OCC1OC(n2ccc(N)nc2=O)C(O)C1O. The summed E-state index contributed by atoms with van der Waals surface area (Å²) in [7, 11) is -10.9. The van der Waals surface area contributed by atoms with Crippen LogP contribution in [0.5, 0.6) is 0 Å². The lowest BCUT2D eigenvalue weighted by molar-refractivity contribution is -0.161. The van der Waals surface area contributed by atoms with Gasteiger partial charge >= 0.3 is 33.3 Å². The molecule has 1 saturated heterocycles. The van der Waals surface area contributed by atoms with Crippen LogP contribution < -0.4 is 11.4 Å². The van der Waals surface area contributed by atoms with Crippen molar-refractivity contribution in [3.8, 4) is 0 Å². The van der Waals surface area contributed by atoms with E-state index < -0.39 is 83.7 Å². The van der Waals surface area contributed by atoms with Crippen LogP contribution in [0.1, 0.15) is 200 Å². The molecular formula is C52H89N3O15P2. The Morgan fingerprint density at radius 3 is 1.68 bits per heavy atom. The molecule has 0 aliphatic carbocycles. The summed E-state index contributed by atoms with van der Waals surface area (Å²) < 4.78 is 56.9. The number of unbranched alkanes of at least 4 members (excludes halogenated alkanes) is 20. The van der Waals surface area contributed by atoms with E-state index >= 15 is 0 Å². The van der Waals surface area contributed by atoms with Crippen molar-refractivity contribution in [1.29, 1.82) is 0 Å². The van der Waals surface area contributed by atoms with Crippen molar-refractivity contribution in [3.05, 3.63) is 71.4 Å². The lowest BCUT2D eigenvalue weighted by Crippen LogP contribution is -2.36. The number of carbonyl (C=O) groups excluding carboxylic acids is 2. The van der Waals surface area contributed by atoms with Gasteiger partial charge in [-0.2, -0.15) is 9.29 Å². The number of phosphoric ester groups is 2. The van der Waals surface area contributed by atoms with Crippen LogP contribution in [-0.2, 0) is 46.3 Å². The first kappa shape index (κ1) is 64.8. The van der Waals surface area contributed by atoms with Crippen molar-refractivity contribution in [2.45, 2.75) is 224 Å². The highest BCUT2D eigenvalue weighted by atomic mass is 31.3. The van der Waals surface area contributed by atoms with Gasteiger partial charge in [0.15, 0.2) is 12.3 Å². The fraction of sp³-hybridized carbons (Fsp3) is 0.731. The Hall–Kier alpha value is -3.28. The molecule has 72 heavy (non-hydrogen) atoms. The van der Waals surface area contributed by atoms with Crippen LogP contribution in [0.4, 0.5) is 5.82 Å². The molecule has 0 aromatic carbocycles. The number of hydrogen-bond acceptors (Lipinski definition) is 15. The standard InChI is InChI=1S/C52H89N3O15P2/c1-3-5-7-9-11-13-15-17-19-20-21-22-24-26-28-30-32-34-36-38-48(57)68-44(41-65-47(56)37-35-33-31-29-27-25-23-18-16-14-12-10-8-6-4-2)42-66-71(61,62)70-72(63,64)67-43-45-49(58)50(59)51(69-45)55-40-39-46(53)54-52(55)60/h11,13-14,16-17,19,21-22,39-40,44-45,49-51,58-59H,3-10,12,15,18,20,23-38,41-43H2,1-2H3,(H,61,62)(H,63,64)(H2,53,54,60). The summed E-state index contributed by atoms with van der Waals surface area (Å²) >= 11 is 0. The first-order valence-electron chi connectivity index (χ1n) is 26.6. The van der Waals surface area contributed by atoms with Crippen LogP contribution in [0.3, 0.4) is 0 Å². The molecule has 0 saturated carbocycles. The summed E-state index contributed by atoms with van der Waals surface area (Å²) in [6.45, 7) is 2.11. The van der Waals surface area contributed by atoms with Crippen molar-refractivity contribution in [2.24, 2.45) is 0 Å². The summed E-state index contributed by atoms with van der Waals surface area (Å²) in [6, 6.07) is 1.25. The van der Waals surface area contributed by atoms with Gasteiger partial charge in [-0.05, 0) is 83.1 Å². The topological polar surface area (TPSA) is 265 Å². The number of aliphatic hydroxyl groups is 2. The van der Waals surface area contributed by atoms with Gasteiger partial charge in [0.1, 0.15) is 30.7 Å². The number of nitrogens with zero attached hydrogens (tertiary/aromatic N) is 2. The molecule has 0 amide bonds. The molecule has 1 aromatic rings. The lowest BCUT2D eigenvalue weighted by Gasteiger charge is -2.21. The molecule has 1 aliphatic rings. The Morgan fingerprint density at radius 1 is 0.667 bits per heavy atom. The number of phosphoric acid groups is 2. The first-order valence-corrected chi connectivity index (χ1v) is 29.6. The van der Waals surface area contributed by atoms with Crippen LogP contribution in [0.25, 0.3) is 0 Å². The second-order valence-electron chi connectivity index (χ2n) is 18.4. The highest BCUT2D eigenvalue weighted by molar-refractivity contribution is 7.61. The van der Waals surface area contributed by atoms with E-state index in [1.807, 2.05) is 0 Å². The minimum Gasteiger partial charge on any atom is -0.462 e. The Morgan fingerprint density at radius 2 is 1.12 bits per heavy atom. The average molecular weight is 1060 g/mol. The van der Waals surface area contributed by atoms with Gasteiger partial charge in [0.2, 0.25) is 0 Å². The van der Waals surface area contributed by atoms with E-state index in [1.165, 1.54) is 51.0 Å². The number of aromatic nitrogens is 2. The molecule has 2 rings (SSSR count). The molecule has 20 heteroatoms. The van der Waals surface area contributed by atoms with Crippen LogP contribution >= 0.6 is 15.6 Å². The molecule has 412 valence electrons. The Bertz CT molecular complexity index is 1890. The Balaban J connectivity index is 1.79. The zero-order chi connectivity index (χ0) is 52.7. The van der Waals surface area contributed by atoms with Gasteiger partial charge < -0.3 is 39.9 Å². The molecule has 1 aromatic heterocycles. The van der Waals surface area contributed by atoms with E-state index in [0.717, 1.165) is 120 Å². The fourth-order valence-electron chi connectivity index (χ4n) is 7.73. The zero-order valence-electron chi connectivity index (χ0n) is 43.2.